The van der Waals surface area contributed by atoms with Crippen molar-refractivity contribution < 1.29 is 19.1 Å². The second-order valence-corrected chi connectivity index (χ2v) is 8.51. The molecule has 3 aromatic rings. The fourth-order valence-corrected chi connectivity index (χ4v) is 4.04. The number of esters is 2. The lowest BCUT2D eigenvalue weighted by Crippen LogP contribution is -2.21. The van der Waals surface area contributed by atoms with Gasteiger partial charge in [0.15, 0.2) is 23.0 Å². The number of carbonyl (C=O) groups excluding carboxylic acids is 2. The average molecular weight is 523 g/mol. The first-order valence-corrected chi connectivity index (χ1v) is 12.2. The first-order chi connectivity index (χ1) is 18.5. The van der Waals surface area contributed by atoms with E-state index in [4.69, 9.17) is 10.5 Å². The van der Waals surface area contributed by atoms with E-state index in [2.05, 4.69) is 49.8 Å². The molecule has 0 bridgehead atoms. The number of hydrogen-bond donors (Lipinski definition) is 2. The van der Waals surface area contributed by atoms with Gasteiger partial charge in [0.25, 0.3) is 0 Å². The van der Waals surface area contributed by atoms with Gasteiger partial charge in [0.1, 0.15) is 18.0 Å². The highest BCUT2D eigenvalue weighted by atomic mass is 16.5. The SMILES string of the molecule is COC(=O)c1nc(N2CCCC2)cnc1N.COC(=O)c1nc(N2CCCC2)cnc1Nc1cncnc1. The van der Waals surface area contributed by atoms with E-state index in [0.29, 0.717) is 23.1 Å². The predicted octanol–water partition coefficient (Wildman–Crippen LogP) is 1.84. The Bertz CT molecular complexity index is 1250. The van der Waals surface area contributed by atoms with Crippen molar-refractivity contribution in [2.75, 3.05) is 61.2 Å². The van der Waals surface area contributed by atoms with Crippen LogP contribution in [0.15, 0.2) is 31.1 Å². The van der Waals surface area contributed by atoms with Gasteiger partial charge < -0.3 is 30.3 Å². The highest BCUT2D eigenvalue weighted by Gasteiger charge is 2.21. The highest BCUT2D eigenvalue weighted by Crippen LogP contribution is 2.23. The molecular formula is C24H30N10O4. The molecule has 0 saturated carbocycles. The Balaban J connectivity index is 0.000000186. The summed E-state index contributed by atoms with van der Waals surface area (Å²) in [6.07, 6.45) is 12.4. The van der Waals surface area contributed by atoms with E-state index in [9.17, 15) is 9.59 Å². The van der Waals surface area contributed by atoms with Crippen LogP contribution >= 0.6 is 0 Å². The van der Waals surface area contributed by atoms with Crippen LogP contribution < -0.4 is 20.9 Å². The van der Waals surface area contributed by atoms with Gasteiger partial charge in [-0.3, -0.25) is 0 Å². The van der Waals surface area contributed by atoms with Crippen LogP contribution in [0.3, 0.4) is 0 Å². The number of nitrogens with zero attached hydrogens (tertiary/aromatic N) is 8. The van der Waals surface area contributed by atoms with Gasteiger partial charge in [-0.15, -0.1) is 0 Å². The Morgan fingerprint density at radius 1 is 0.789 bits per heavy atom. The predicted molar refractivity (Wildman–Crippen MR) is 139 cm³/mol. The Morgan fingerprint density at radius 2 is 1.29 bits per heavy atom. The van der Waals surface area contributed by atoms with Gasteiger partial charge in [0.2, 0.25) is 0 Å². The summed E-state index contributed by atoms with van der Waals surface area (Å²) in [7, 11) is 2.62. The summed E-state index contributed by atoms with van der Waals surface area (Å²) in [5.74, 6) is 0.721. The molecule has 200 valence electrons. The molecule has 2 aliphatic heterocycles. The monoisotopic (exact) mass is 522 g/mol. The van der Waals surface area contributed by atoms with Crippen LogP contribution in [0.1, 0.15) is 46.7 Å². The van der Waals surface area contributed by atoms with Gasteiger partial charge in [-0.1, -0.05) is 0 Å². The molecule has 5 rings (SSSR count). The fourth-order valence-electron chi connectivity index (χ4n) is 4.04. The molecule has 3 aromatic heterocycles. The Hall–Kier alpha value is -4.62. The minimum absolute atomic E-state index is 0.0897. The molecule has 5 heterocycles. The smallest absolute Gasteiger partial charge is 0.360 e. The van der Waals surface area contributed by atoms with Crippen molar-refractivity contribution in [3.63, 3.8) is 0 Å². The zero-order chi connectivity index (χ0) is 26.9. The number of nitrogen functional groups attached to an aromatic ring is 1. The van der Waals surface area contributed by atoms with Crippen molar-refractivity contribution in [2.24, 2.45) is 0 Å². The number of nitrogens with one attached hydrogen (secondary N) is 1. The van der Waals surface area contributed by atoms with Crippen LogP contribution in [0.4, 0.5) is 29.0 Å². The molecule has 0 aromatic carbocycles. The number of methoxy groups -OCH3 is 2. The maximum atomic E-state index is 12.0. The molecule has 0 atom stereocenters. The third-order valence-corrected chi connectivity index (χ3v) is 5.99. The van der Waals surface area contributed by atoms with Gasteiger partial charge in [-0.2, -0.15) is 0 Å². The zero-order valence-corrected chi connectivity index (χ0v) is 21.3. The lowest BCUT2D eigenvalue weighted by Gasteiger charge is -2.17. The number of carbonyl (C=O) groups is 2. The van der Waals surface area contributed by atoms with E-state index in [1.807, 2.05) is 0 Å². The van der Waals surface area contributed by atoms with E-state index >= 15 is 0 Å². The molecule has 0 spiro atoms. The van der Waals surface area contributed by atoms with Gasteiger partial charge in [0, 0.05) is 26.2 Å². The molecule has 3 N–H and O–H groups in total. The molecule has 0 aliphatic carbocycles. The zero-order valence-electron chi connectivity index (χ0n) is 21.3. The third kappa shape index (κ3) is 6.38. The topological polar surface area (TPSA) is 174 Å². The van der Waals surface area contributed by atoms with Crippen LogP contribution in [0.2, 0.25) is 0 Å². The van der Waals surface area contributed by atoms with Crippen LogP contribution in [0.25, 0.3) is 0 Å². The largest absolute Gasteiger partial charge is 0.464 e. The highest BCUT2D eigenvalue weighted by molar-refractivity contribution is 5.93. The molecule has 0 radical (unpaired) electrons. The van der Waals surface area contributed by atoms with Crippen LogP contribution in [-0.4, -0.2) is 82.2 Å². The molecule has 38 heavy (non-hydrogen) atoms. The number of anilines is 5. The summed E-state index contributed by atoms with van der Waals surface area (Å²) >= 11 is 0. The average Bonchev–Trinajstić information content (AvgIpc) is 3.69. The Kier molecular flexibility index (Phi) is 8.74. The molecular weight excluding hydrogens is 492 g/mol. The van der Waals surface area contributed by atoms with Crippen molar-refractivity contribution in [1.29, 1.82) is 0 Å². The van der Waals surface area contributed by atoms with E-state index < -0.39 is 11.9 Å². The standard InChI is InChI=1S/C14H16N6O2.C10H14N4O2/c1-22-14(21)12-13(18-10-6-15-9-16-7-10)17-8-11(19-12)20-4-2-3-5-20;1-16-10(15)8-9(11)12-6-7(13-8)14-4-2-3-5-14/h6-9H,2-5H2,1H3,(H,17,18);6H,2-5H2,1H3,(H2,11,12). The minimum atomic E-state index is -0.550. The first kappa shape index (κ1) is 26.4. The third-order valence-electron chi connectivity index (χ3n) is 5.99. The second-order valence-electron chi connectivity index (χ2n) is 8.51. The van der Waals surface area contributed by atoms with Gasteiger partial charge >= 0.3 is 11.9 Å². The summed E-state index contributed by atoms with van der Waals surface area (Å²) in [5.41, 5.74) is 6.43. The van der Waals surface area contributed by atoms with Crippen molar-refractivity contribution in [3.05, 3.63) is 42.5 Å². The Morgan fingerprint density at radius 3 is 1.84 bits per heavy atom. The maximum absolute atomic E-state index is 12.0. The summed E-state index contributed by atoms with van der Waals surface area (Å²) in [4.78, 5) is 52.2. The number of nitrogens with two attached hydrogens (primary N) is 1. The number of aromatic nitrogens is 6. The molecule has 0 unspecified atom stereocenters. The van der Waals surface area contributed by atoms with Crippen molar-refractivity contribution >= 4 is 40.9 Å². The summed E-state index contributed by atoms with van der Waals surface area (Å²) in [6.45, 7) is 3.74. The quantitative estimate of drug-likeness (QED) is 0.448. The van der Waals surface area contributed by atoms with Crippen molar-refractivity contribution in [1.82, 2.24) is 29.9 Å². The molecule has 2 fully saturated rings. The molecule has 0 amide bonds. The van der Waals surface area contributed by atoms with Crippen LogP contribution in [0.5, 0.6) is 0 Å². The molecule has 2 saturated heterocycles. The lowest BCUT2D eigenvalue weighted by molar-refractivity contribution is 0.0586. The fraction of sp³-hybridized carbons (Fsp3) is 0.417. The van der Waals surface area contributed by atoms with E-state index in [1.54, 1.807) is 24.8 Å². The van der Waals surface area contributed by atoms with E-state index in [1.165, 1.54) is 20.5 Å². The number of hydrogen-bond acceptors (Lipinski definition) is 14. The van der Waals surface area contributed by atoms with Crippen molar-refractivity contribution in [3.8, 4) is 0 Å². The number of rotatable bonds is 6. The normalized spacial score (nSPS) is 14.5. The van der Waals surface area contributed by atoms with Crippen molar-refractivity contribution in [2.45, 2.75) is 25.7 Å². The van der Waals surface area contributed by atoms with E-state index in [0.717, 1.165) is 51.9 Å². The second kappa shape index (κ2) is 12.6. The summed E-state index contributed by atoms with van der Waals surface area (Å²) in [6, 6.07) is 0. The maximum Gasteiger partial charge on any atom is 0.360 e. The van der Waals surface area contributed by atoms with Gasteiger partial charge in [-0.25, -0.2) is 39.5 Å². The van der Waals surface area contributed by atoms with Gasteiger partial charge in [-0.05, 0) is 25.7 Å². The number of ether oxygens (including phenoxy) is 2. The Labute approximate surface area is 219 Å². The van der Waals surface area contributed by atoms with Crippen LogP contribution in [-0.2, 0) is 9.47 Å². The van der Waals surface area contributed by atoms with Gasteiger partial charge in [0.05, 0.1) is 44.7 Å². The summed E-state index contributed by atoms with van der Waals surface area (Å²) < 4.78 is 9.40. The van der Waals surface area contributed by atoms with Crippen LogP contribution in [0, 0.1) is 0 Å². The minimum Gasteiger partial charge on any atom is -0.464 e. The molecule has 2 aliphatic rings. The first-order valence-electron chi connectivity index (χ1n) is 12.2. The lowest BCUT2D eigenvalue weighted by atomic mass is 10.3. The molecule has 14 heteroatoms. The van der Waals surface area contributed by atoms with E-state index in [-0.39, 0.29) is 17.2 Å². The summed E-state index contributed by atoms with van der Waals surface area (Å²) in [5, 5.41) is 2.99. The molecule has 14 nitrogen and oxygen atoms in total.